The number of aromatic hydroxyl groups is 1. The molecule has 3 N–H and O–H groups in total. The van der Waals surface area contributed by atoms with Gasteiger partial charge in [0, 0.05) is 28.9 Å². The maximum Gasteiger partial charge on any atom is 0.225 e. The first-order valence-corrected chi connectivity index (χ1v) is 11.0. The van der Waals surface area contributed by atoms with E-state index in [4.69, 9.17) is 0 Å². The number of carbonyl (C=O) groups is 1. The van der Waals surface area contributed by atoms with E-state index in [9.17, 15) is 14.3 Å². The normalized spacial score (nSPS) is 12.2. The Kier molecular flexibility index (Phi) is 6.87. The lowest BCUT2D eigenvalue weighted by molar-refractivity contribution is -0.121. The largest absolute Gasteiger partial charge is 0.508 e. The van der Waals surface area contributed by atoms with E-state index in [1.54, 1.807) is 36.7 Å². The van der Waals surface area contributed by atoms with Crippen molar-refractivity contribution in [1.29, 1.82) is 0 Å². The summed E-state index contributed by atoms with van der Waals surface area (Å²) in [5, 5.41) is 13.7. The van der Waals surface area contributed by atoms with Gasteiger partial charge in [-0.2, -0.15) is 0 Å². The van der Waals surface area contributed by atoms with Crippen LogP contribution in [0.25, 0.3) is 16.5 Å². The molecule has 0 radical (unpaired) electrons. The number of phenolic OH excluding ortho intramolecular Hbond substituents is 1. The zero-order chi connectivity index (χ0) is 24.1. The molecule has 0 bridgehead atoms. The van der Waals surface area contributed by atoms with E-state index in [1.165, 1.54) is 12.1 Å². The van der Waals surface area contributed by atoms with Crippen LogP contribution in [0.5, 0.6) is 5.75 Å². The lowest BCUT2D eigenvalue weighted by Crippen LogP contribution is -2.32. The van der Waals surface area contributed by atoms with Crippen molar-refractivity contribution in [3.8, 4) is 5.75 Å². The number of aromatic nitrogens is 2. The van der Waals surface area contributed by atoms with Gasteiger partial charge in [-0.1, -0.05) is 36.9 Å². The Morgan fingerprint density at radius 1 is 1.24 bits per heavy atom. The summed E-state index contributed by atoms with van der Waals surface area (Å²) < 4.78 is 13.9. The SMILES string of the molecule is C=C(C=CC)c1cccnc1C(Cc1cccc(F)c1)NC(=O)Cc1c[nH]c2ccc(O)cc12. The molecule has 172 valence electrons. The van der Waals surface area contributed by atoms with E-state index < -0.39 is 6.04 Å². The molecule has 6 heteroatoms. The first kappa shape index (κ1) is 23.0. The summed E-state index contributed by atoms with van der Waals surface area (Å²) in [6, 6.07) is 14.6. The number of nitrogens with zero attached hydrogens (tertiary/aromatic N) is 1. The zero-order valence-electron chi connectivity index (χ0n) is 18.9. The molecule has 34 heavy (non-hydrogen) atoms. The van der Waals surface area contributed by atoms with Gasteiger partial charge in [-0.25, -0.2) is 4.39 Å². The fourth-order valence-corrected chi connectivity index (χ4v) is 4.10. The highest BCUT2D eigenvalue weighted by atomic mass is 19.1. The third-order valence-electron chi connectivity index (χ3n) is 5.65. The quantitative estimate of drug-likeness (QED) is 0.301. The molecular weight excluding hydrogens is 429 g/mol. The monoisotopic (exact) mass is 455 g/mol. The summed E-state index contributed by atoms with van der Waals surface area (Å²) in [7, 11) is 0. The van der Waals surface area contributed by atoms with E-state index >= 15 is 0 Å². The molecule has 2 aromatic carbocycles. The summed E-state index contributed by atoms with van der Waals surface area (Å²) in [5.41, 5.74) is 4.62. The molecule has 4 aromatic rings. The van der Waals surface area contributed by atoms with Gasteiger partial charge in [0.15, 0.2) is 0 Å². The van der Waals surface area contributed by atoms with Crippen molar-refractivity contribution in [2.75, 3.05) is 0 Å². The second-order valence-electron chi connectivity index (χ2n) is 8.14. The van der Waals surface area contributed by atoms with Crippen LogP contribution in [0.2, 0.25) is 0 Å². The molecule has 0 aliphatic heterocycles. The Hall–Kier alpha value is -4.19. The molecule has 4 rings (SSSR count). The van der Waals surface area contributed by atoms with E-state index in [-0.39, 0.29) is 23.9 Å². The second kappa shape index (κ2) is 10.2. The number of H-pyrrole nitrogens is 1. The molecule has 0 saturated carbocycles. The van der Waals surface area contributed by atoms with Gasteiger partial charge >= 0.3 is 0 Å². The number of hydrogen-bond acceptors (Lipinski definition) is 3. The Bertz CT molecular complexity index is 1370. The van der Waals surface area contributed by atoms with Crippen molar-refractivity contribution >= 4 is 22.4 Å². The van der Waals surface area contributed by atoms with Crippen LogP contribution < -0.4 is 5.32 Å². The Balaban J connectivity index is 1.65. The van der Waals surface area contributed by atoms with Gasteiger partial charge in [0.2, 0.25) is 5.91 Å². The minimum Gasteiger partial charge on any atom is -0.508 e. The van der Waals surface area contributed by atoms with Gasteiger partial charge in [-0.15, -0.1) is 0 Å². The van der Waals surface area contributed by atoms with Crippen LogP contribution in [0.15, 0.2) is 85.7 Å². The highest BCUT2D eigenvalue weighted by Gasteiger charge is 2.21. The van der Waals surface area contributed by atoms with Crippen molar-refractivity contribution in [1.82, 2.24) is 15.3 Å². The molecular formula is C28H26FN3O2. The second-order valence-corrected chi connectivity index (χ2v) is 8.14. The number of hydrogen-bond donors (Lipinski definition) is 3. The Morgan fingerprint density at radius 3 is 2.88 bits per heavy atom. The highest BCUT2D eigenvalue weighted by Crippen LogP contribution is 2.27. The number of allylic oxidation sites excluding steroid dienone is 3. The van der Waals surface area contributed by atoms with Gasteiger partial charge in [-0.3, -0.25) is 9.78 Å². The fraction of sp³-hybridized carbons (Fsp3) is 0.143. The maximum atomic E-state index is 13.9. The molecule has 1 atom stereocenters. The van der Waals surface area contributed by atoms with Gasteiger partial charge in [0.1, 0.15) is 11.6 Å². The summed E-state index contributed by atoms with van der Waals surface area (Å²) in [6.45, 7) is 6.04. The standard InChI is InChI=1S/C28H26FN3O2/c1-3-6-18(2)23-9-5-12-30-28(23)26(14-19-7-4-8-21(29)13-19)32-27(34)15-20-17-31-25-11-10-22(33)16-24(20)25/h3-13,16-17,26,31,33H,2,14-15H2,1H3,(H,32,34). The van der Waals surface area contributed by atoms with Crippen molar-refractivity contribution in [2.45, 2.75) is 25.8 Å². The van der Waals surface area contributed by atoms with E-state index in [0.29, 0.717) is 12.1 Å². The van der Waals surface area contributed by atoms with Crippen LogP contribution in [-0.4, -0.2) is 21.0 Å². The zero-order valence-corrected chi connectivity index (χ0v) is 18.9. The minimum atomic E-state index is -0.494. The number of carbonyl (C=O) groups excluding carboxylic acids is 1. The molecule has 1 unspecified atom stereocenters. The maximum absolute atomic E-state index is 13.9. The van der Waals surface area contributed by atoms with Crippen molar-refractivity contribution in [2.24, 2.45) is 0 Å². The van der Waals surface area contributed by atoms with E-state index in [2.05, 4.69) is 21.9 Å². The number of benzene rings is 2. The lowest BCUT2D eigenvalue weighted by atomic mass is 9.95. The van der Waals surface area contributed by atoms with Crippen LogP contribution in [0, 0.1) is 5.82 Å². The summed E-state index contributed by atoms with van der Waals surface area (Å²) in [5.74, 6) is -0.405. The summed E-state index contributed by atoms with van der Waals surface area (Å²) in [6.07, 6.45) is 7.71. The van der Waals surface area contributed by atoms with Crippen LogP contribution in [-0.2, 0) is 17.6 Å². The molecule has 2 aromatic heterocycles. The van der Waals surface area contributed by atoms with Crippen LogP contribution >= 0.6 is 0 Å². The van der Waals surface area contributed by atoms with Crippen molar-refractivity contribution in [3.63, 3.8) is 0 Å². The van der Waals surface area contributed by atoms with Crippen molar-refractivity contribution in [3.05, 3.63) is 114 Å². The highest BCUT2D eigenvalue weighted by molar-refractivity contribution is 5.90. The van der Waals surface area contributed by atoms with Crippen molar-refractivity contribution < 1.29 is 14.3 Å². The predicted molar refractivity (Wildman–Crippen MR) is 133 cm³/mol. The molecule has 2 heterocycles. The van der Waals surface area contributed by atoms with Gasteiger partial charge < -0.3 is 15.4 Å². The molecule has 0 spiro atoms. The molecule has 0 fully saturated rings. The third kappa shape index (κ3) is 5.23. The molecule has 5 nitrogen and oxygen atoms in total. The number of phenols is 1. The molecule has 0 saturated heterocycles. The smallest absolute Gasteiger partial charge is 0.225 e. The fourth-order valence-electron chi connectivity index (χ4n) is 4.10. The van der Waals surface area contributed by atoms with Gasteiger partial charge in [0.05, 0.1) is 18.2 Å². The first-order chi connectivity index (χ1) is 16.4. The number of amides is 1. The molecule has 0 aliphatic carbocycles. The van der Waals surface area contributed by atoms with Gasteiger partial charge in [0.25, 0.3) is 0 Å². The van der Waals surface area contributed by atoms with Crippen LogP contribution in [0.3, 0.4) is 0 Å². The summed E-state index contributed by atoms with van der Waals surface area (Å²) in [4.78, 5) is 20.9. The number of rotatable bonds is 8. The van der Waals surface area contributed by atoms with E-state index in [0.717, 1.165) is 33.2 Å². The Labute approximate surface area is 197 Å². The first-order valence-electron chi connectivity index (χ1n) is 11.0. The number of aromatic amines is 1. The third-order valence-corrected chi connectivity index (χ3v) is 5.65. The van der Waals surface area contributed by atoms with Crippen LogP contribution in [0.4, 0.5) is 4.39 Å². The number of halogens is 1. The van der Waals surface area contributed by atoms with E-state index in [1.807, 2.05) is 37.3 Å². The molecule has 0 aliphatic rings. The minimum absolute atomic E-state index is 0.112. The predicted octanol–water partition coefficient (Wildman–Crippen LogP) is 5.64. The average Bonchev–Trinajstić information content (AvgIpc) is 3.20. The molecule has 1 amide bonds. The Morgan fingerprint density at radius 2 is 2.09 bits per heavy atom. The number of pyridine rings is 1. The topological polar surface area (TPSA) is 78.0 Å². The average molecular weight is 456 g/mol. The van der Waals surface area contributed by atoms with Gasteiger partial charge in [-0.05, 0) is 66.4 Å². The number of nitrogens with one attached hydrogen (secondary N) is 2. The summed E-state index contributed by atoms with van der Waals surface area (Å²) >= 11 is 0. The lowest BCUT2D eigenvalue weighted by Gasteiger charge is -2.21. The van der Waals surface area contributed by atoms with Crippen LogP contribution in [0.1, 0.15) is 35.3 Å². The number of fused-ring (bicyclic) bond motifs is 1.